The Hall–Kier alpha value is -2.01. The van der Waals surface area contributed by atoms with Gasteiger partial charge in [-0.1, -0.05) is 31.2 Å². The first-order valence-electron chi connectivity index (χ1n) is 11.6. The summed E-state index contributed by atoms with van der Waals surface area (Å²) in [5, 5.41) is 44.9. The largest absolute Gasteiger partial charge is 0.443 e. The second kappa shape index (κ2) is 10.5. The third-order valence-corrected chi connectivity index (χ3v) is 6.66. The summed E-state index contributed by atoms with van der Waals surface area (Å²) in [6, 6.07) is 8.55. The molecule has 4 N–H and O–H groups in total. The van der Waals surface area contributed by atoms with Gasteiger partial charge in [0.2, 0.25) is 12.2 Å². The molecular weight excluding hydrogens is 428 g/mol. The van der Waals surface area contributed by atoms with Crippen molar-refractivity contribution in [2.45, 2.75) is 76.3 Å². The van der Waals surface area contributed by atoms with E-state index in [1.165, 1.54) is 5.56 Å². The smallest absolute Gasteiger partial charge is 0.239 e. The lowest BCUT2D eigenvalue weighted by Gasteiger charge is -2.39. The normalized spacial score (nSPS) is 28.7. The lowest BCUT2D eigenvalue weighted by atomic mass is 9.99. The van der Waals surface area contributed by atoms with E-state index >= 15 is 0 Å². The van der Waals surface area contributed by atoms with Crippen molar-refractivity contribution in [2.24, 2.45) is 0 Å². The van der Waals surface area contributed by atoms with E-state index in [2.05, 4.69) is 31.2 Å². The van der Waals surface area contributed by atoms with Gasteiger partial charge in [0.05, 0.1) is 12.6 Å². The van der Waals surface area contributed by atoms with Crippen LogP contribution in [0.1, 0.15) is 48.2 Å². The van der Waals surface area contributed by atoms with Crippen LogP contribution in [0.5, 0.6) is 5.88 Å². The van der Waals surface area contributed by atoms with Crippen LogP contribution in [0, 0.1) is 6.92 Å². The van der Waals surface area contributed by atoms with Crippen molar-refractivity contribution in [1.82, 2.24) is 9.78 Å². The molecule has 2 saturated heterocycles. The van der Waals surface area contributed by atoms with Crippen molar-refractivity contribution < 1.29 is 34.6 Å². The zero-order valence-corrected chi connectivity index (χ0v) is 19.1. The van der Waals surface area contributed by atoms with Crippen LogP contribution < -0.4 is 4.74 Å². The van der Waals surface area contributed by atoms with Crippen LogP contribution in [0.2, 0.25) is 0 Å². The fraction of sp³-hybridized carbons (Fsp3) is 0.625. The topological polar surface area (TPSA) is 126 Å². The van der Waals surface area contributed by atoms with Crippen LogP contribution in [-0.2, 0) is 22.3 Å². The molecule has 5 atom stereocenters. The average molecular weight is 463 g/mol. The van der Waals surface area contributed by atoms with Crippen LogP contribution in [0.15, 0.2) is 24.3 Å². The van der Waals surface area contributed by atoms with E-state index in [4.69, 9.17) is 19.3 Å². The predicted molar refractivity (Wildman–Crippen MR) is 119 cm³/mol. The second-order valence-electron chi connectivity index (χ2n) is 8.82. The number of benzene rings is 1. The van der Waals surface area contributed by atoms with Crippen LogP contribution in [0.3, 0.4) is 0 Å². The Bertz CT molecular complexity index is 908. The summed E-state index contributed by atoms with van der Waals surface area (Å²) in [6.45, 7) is 4.93. The first-order chi connectivity index (χ1) is 15.9. The predicted octanol–water partition coefficient (Wildman–Crippen LogP) is 0.875. The van der Waals surface area contributed by atoms with E-state index in [0.29, 0.717) is 25.5 Å². The minimum absolute atomic E-state index is 0.173. The number of aryl methyl sites for hydroxylation is 1. The van der Waals surface area contributed by atoms with Crippen LogP contribution in [-0.4, -0.2) is 80.7 Å². The van der Waals surface area contributed by atoms with Gasteiger partial charge in [-0.05, 0) is 37.3 Å². The molecule has 2 aliphatic heterocycles. The molecule has 0 aliphatic carbocycles. The molecule has 3 heterocycles. The molecule has 1 aromatic heterocycles. The van der Waals surface area contributed by atoms with E-state index < -0.39 is 37.3 Å². The molecule has 2 aromatic rings. The summed E-state index contributed by atoms with van der Waals surface area (Å²) in [5.74, 6) is 0.308. The maximum atomic E-state index is 10.5. The van der Waals surface area contributed by atoms with Gasteiger partial charge in [0.25, 0.3) is 0 Å². The first kappa shape index (κ1) is 24.1. The fourth-order valence-corrected chi connectivity index (χ4v) is 4.48. The average Bonchev–Trinajstić information content (AvgIpc) is 3.15. The molecule has 9 nitrogen and oxygen atoms in total. The minimum Gasteiger partial charge on any atom is -0.443 e. The standard InChI is InChI=1S/C24H34N2O7/c1-3-15-4-6-16(7-5-15)12-18-14(2)26(17-8-10-31-11-9-17)25-23(18)33-24-22(30)21(29)20(28)19(13-27)32-24/h4-7,17,19-22,24,27-30H,3,8-13H2,1-2H3/t19-,20-,21+,22-,24?/m1/s1. The van der Waals surface area contributed by atoms with Gasteiger partial charge < -0.3 is 34.6 Å². The van der Waals surface area contributed by atoms with E-state index in [1.807, 2.05) is 11.6 Å². The Kier molecular flexibility index (Phi) is 7.68. The van der Waals surface area contributed by atoms with Crippen LogP contribution in [0.25, 0.3) is 0 Å². The van der Waals surface area contributed by atoms with Crippen molar-refractivity contribution in [1.29, 1.82) is 0 Å². The Morgan fingerprint density at radius 2 is 1.70 bits per heavy atom. The number of aliphatic hydroxyl groups excluding tert-OH is 4. The molecule has 0 spiro atoms. The summed E-state index contributed by atoms with van der Waals surface area (Å²) < 4.78 is 19.0. The third kappa shape index (κ3) is 5.08. The quantitative estimate of drug-likeness (QED) is 0.478. The van der Waals surface area contributed by atoms with Crippen molar-refractivity contribution in [3.05, 3.63) is 46.6 Å². The number of hydrogen-bond acceptors (Lipinski definition) is 8. The van der Waals surface area contributed by atoms with Crippen molar-refractivity contribution in [2.75, 3.05) is 19.8 Å². The summed E-state index contributed by atoms with van der Waals surface area (Å²) in [5.41, 5.74) is 4.18. The maximum absolute atomic E-state index is 10.5. The number of rotatable bonds is 7. The maximum Gasteiger partial charge on any atom is 0.239 e. The highest BCUT2D eigenvalue weighted by Crippen LogP contribution is 2.32. The van der Waals surface area contributed by atoms with Crippen molar-refractivity contribution >= 4 is 0 Å². The molecule has 1 unspecified atom stereocenters. The van der Waals surface area contributed by atoms with Gasteiger partial charge in [0, 0.05) is 30.9 Å². The second-order valence-corrected chi connectivity index (χ2v) is 8.82. The molecule has 182 valence electrons. The van der Waals surface area contributed by atoms with Gasteiger partial charge in [-0.3, -0.25) is 4.68 Å². The Balaban J connectivity index is 1.64. The molecule has 9 heteroatoms. The lowest BCUT2D eigenvalue weighted by molar-refractivity contribution is -0.278. The molecule has 33 heavy (non-hydrogen) atoms. The molecular formula is C24H34N2O7. The van der Waals surface area contributed by atoms with Crippen molar-refractivity contribution in [3.63, 3.8) is 0 Å². The number of ether oxygens (including phenoxy) is 3. The number of hydrogen-bond donors (Lipinski definition) is 4. The summed E-state index contributed by atoms with van der Waals surface area (Å²) >= 11 is 0. The Morgan fingerprint density at radius 1 is 1.03 bits per heavy atom. The molecule has 0 amide bonds. The number of aromatic nitrogens is 2. The zero-order valence-electron chi connectivity index (χ0n) is 19.1. The summed E-state index contributed by atoms with van der Waals surface area (Å²) in [6.07, 6.45) is -3.55. The Labute approximate surface area is 193 Å². The molecule has 2 aliphatic rings. The monoisotopic (exact) mass is 462 g/mol. The number of nitrogens with zero attached hydrogens (tertiary/aromatic N) is 2. The van der Waals surface area contributed by atoms with Gasteiger partial charge >= 0.3 is 0 Å². The molecule has 4 rings (SSSR count). The fourth-order valence-electron chi connectivity index (χ4n) is 4.48. The van der Waals surface area contributed by atoms with Crippen LogP contribution >= 0.6 is 0 Å². The van der Waals surface area contributed by atoms with Gasteiger partial charge in [-0.25, -0.2) is 0 Å². The van der Waals surface area contributed by atoms with Crippen molar-refractivity contribution in [3.8, 4) is 5.88 Å². The molecule has 2 fully saturated rings. The number of aliphatic hydroxyl groups is 4. The highest BCUT2D eigenvalue weighted by molar-refractivity contribution is 5.37. The summed E-state index contributed by atoms with van der Waals surface area (Å²) in [7, 11) is 0. The minimum atomic E-state index is -1.51. The van der Waals surface area contributed by atoms with Gasteiger partial charge in [0.1, 0.15) is 24.4 Å². The highest BCUT2D eigenvalue weighted by Gasteiger charge is 2.45. The lowest BCUT2D eigenvalue weighted by Crippen LogP contribution is -2.60. The molecule has 1 aromatic carbocycles. The first-order valence-corrected chi connectivity index (χ1v) is 11.6. The van der Waals surface area contributed by atoms with E-state index in [1.54, 1.807) is 0 Å². The Morgan fingerprint density at radius 3 is 2.33 bits per heavy atom. The highest BCUT2D eigenvalue weighted by atomic mass is 16.7. The van der Waals surface area contributed by atoms with Crippen LogP contribution in [0.4, 0.5) is 0 Å². The van der Waals surface area contributed by atoms with Gasteiger partial charge in [-0.15, -0.1) is 5.10 Å². The molecule has 0 bridgehead atoms. The van der Waals surface area contributed by atoms with E-state index in [-0.39, 0.29) is 6.04 Å². The molecule has 0 radical (unpaired) electrons. The van der Waals surface area contributed by atoms with Gasteiger partial charge in [-0.2, -0.15) is 0 Å². The summed E-state index contributed by atoms with van der Waals surface area (Å²) in [4.78, 5) is 0. The third-order valence-electron chi connectivity index (χ3n) is 6.66. The zero-order chi connectivity index (χ0) is 23.5. The van der Waals surface area contributed by atoms with Gasteiger partial charge in [0.15, 0.2) is 0 Å². The van der Waals surface area contributed by atoms with E-state index in [9.17, 15) is 20.4 Å². The SMILES string of the molecule is CCc1ccc(Cc2c(OC3O[C@H](CO)[C@@H](O)[C@H](O)[C@H]3O)nn(C3CCOCC3)c2C)cc1. The van der Waals surface area contributed by atoms with E-state index in [0.717, 1.165) is 36.1 Å². The molecule has 0 saturated carbocycles.